The average molecular weight is 409 g/mol. The van der Waals surface area contributed by atoms with Gasteiger partial charge in [-0.3, -0.25) is 4.90 Å². The molecule has 1 aromatic carbocycles. The summed E-state index contributed by atoms with van der Waals surface area (Å²) in [5.74, 6) is 3.70. The van der Waals surface area contributed by atoms with Gasteiger partial charge in [-0.05, 0) is 100 Å². The van der Waals surface area contributed by atoms with Crippen LogP contribution >= 0.6 is 0 Å². The minimum absolute atomic E-state index is 0.408. The maximum Gasteiger partial charge on any atom is 0.0153 e. The first kappa shape index (κ1) is 21.0. The molecule has 2 heterocycles. The minimum atomic E-state index is 0.408. The Bertz CT molecular complexity index is 687. The van der Waals surface area contributed by atoms with Gasteiger partial charge in [-0.2, -0.15) is 0 Å². The Balaban J connectivity index is 1.15. The third-order valence-electron chi connectivity index (χ3n) is 9.32. The minimum Gasteiger partial charge on any atom is -0.302 e. The molecular weight excluding hydrogens is 364 g/mol. The average Bonchev–Trinajstić information content (AvgIpc) is 3.41. The Hall–Kier alpha value is -0.860. The zero-order valence-electron chi connectivity index (χ0n) is 19.6. The van der Waals surface area contributed by atoms with Crippen LogP contribution in [0.3, 0.4) is 0 Å². The van der Waals surface area contributed by atoms with Crippen molar-refractivity contribution in [2.24, 2.45) is 17.8 Å². The number of fused-ring (bicyclic) bond motifs is 1. The third-order valence-corrected chi connectivity index (χ3v) is 9.32. The fraction of sp³-hybridized carbons (Fsp3) is 0.786. The van der Waals surface area contributed by atoms with Gasteiger partial charge in [0.05, 0.1) is 0 Å². The zero-order valence-corrected chi connectivity index (χ0v) is 19.6. The second kappa shape index (κ2) is 8.94. The van der Waals surface area contributed by atoms with Crippen LogP contribution in [0.25, 0.3) is 0 Å². The highest BCUT2D eigenvalue weighted by molar-refractivity contribution is 5.28. The third kappa shape index (κ3) is 4.51. The highest BCUT2D eigenvalue weighted by atomic mass is 15.2. The van der Waals surface area contributed by atoms with Gasteiger partial charge < -0.3 is 4.90 Å². The summed E-state index contributed by atoms with van der Waals surface area (Å²) >= 11 is 0. The van der Waals surface area contributed by atoms with E-state index in [2.05, 4.69) is 47.9 Å². The van der Waals surface area contributed by atoms with Crippen molar-refractivity contribution >= 4 is 0 Å². The molecule has 0 radical (unpaired) electrons. The van der Waals surface area contributed by atoms with E-state index < -0.39 is 0 Å². The monoisotopic (exact) mass is 408 g/mol. The van der Waals surface area contributed by atoms with E-state index in [9.17, 15) is 0 Å². The van der Waals surface area contributed by atoms with Crippen LogP contribution in [0.2, 0.25) is 0 Å². The summed E-state index contributed by atoms with van der Waals surface area (Å²) < 4.78 is 0. The van der Waals surface area contributed by atoms with Crippen molar-refractivity contribution in [1.29, 1.82) is 0 Å². The van der Waals surface area contributed by atoms with Crippen LogP contribution in [0.4, 0.5) is 0 Å². The van der Waals surface area contributed by atoms with Crippen LogP contribution in [-0.2, 0) is 6.42 Å². The lowest BCUT2D eigenvalue weighted by Gasteiger charge is -2.31. The first-order chi connectivity index (χ1) is 14.6. The molecule has 2 heteroatoms. The SMILES string of the molecule is CC1(C)CCCN1CCc1ccc(C2CC[C@@H]3CN(CC4CCCCC4)C[C@H]23)cc1. The van der Waals surface area contributed by atoms with Gasteiger partial charge in [0, 0.05) is 31.7 Å². The Morgan fingerprint density at radius 2 is 1.70 bits per heavy atom. The summed E-state index contributed by atoms with van der Waals surface area (Å²) in [4.78, 5) is 5.55. The van der Waals surface area contributed by atoms with Crippen LogP contribution in [0.5, 0.6) is 0 Å². The number of rotatable bonds is 6. The van der Waals surface area contributed by atoms with Gasteiger partial charge >= 0.3 is 0 Å². The van der Waals surface area contributed by atoms with Crippen molar-refractivity contribution in [2.45, 2.75) is 89.5 Å². The van der Waals surface area contributed by atoms with Crippen molar-refractivity contribution in [3.05, 3.63) is 35.4 Å². The number of likely N-dealkylation sites (tertiary alicyclic amines) is 2. The molecule has 3 atom stereocenters. The molecule has 0 bridgehead atoms. The van der Waals surface area contributed by atoms with Gasteiger partial charge in [-0.1, -0.05) is 43.5 Å². The molecule has 5 rings (SSSR count). The van der Waals surface area contributed by atoms with E-state index in [1.807, 2.05) is 0 Å². The first-order valence-corrected chi connectivity index (χ1v) is 13.1. The van der Waals surface area contributed by atoms with E-state index in [1.165, 1.54) is 102 Å². The quantitative estimate of drug-likeness (QED) is 0.560. The molecule has 2 aliphatic carbocycles. The standard InChI is InChI=1S/C28H44N2/c1-28(2)16-6-17-30(28)18-15-22-9-11-24(12-10-22)26-14-13-25-20-29(21-27(25)26)19-23-7-4-3-5-8-23/h9-12,23,25-27H,3-8,13-21H2,1-2H3/t25-,26?,27+/m1/s1. The van der Waals surface area contributed by atoms with Crippen molar-refractivity contribution in [1.82, 2.24) is 9.80 Å². The van der Waals surface area contributed by atoms with Crippen LogP contribution in [0, 0.1) is 17.8 Å². The number of benzene rings is 1. The molecule has 2 aliphatic heterocycles. The maximum atomic E-state index is 2.85. The number of hydrogen-bond donors (Lipinski definition) is 0. The summed E-state index contributed by atoms with van der Waals surface area (Å²) in [6.07, 6.45) is 14.2. The van der Waals surface area contributed by atoms with Gasteiger partial charge in [0.1, 0.15) is 0 Å². The second-order valence-corrected chi connectivity index (χ2v) is 11.7. The topological polar surface area (TPSA) is 6.48 Å². The second-order valence-electron chi connectivity index (χ2n) is 11.7. The van der Waals surface area contributed by atoms with E-state index in [0.717, 1.165) is 23.7 Å². The summed E-state index contributed by atoms with van der Waals surface area (Å²) in [5, 5.41) is 0. The highest BCUT2D eigenvalue weighted by Crippen LogP contribution is 2.48. The molecule has 1 aromatic rings. The smallest absolute Gasteiger partial charge is 0.0153 e. The Morgan fingerprint density at radius 1 is 0.900 bits per heavy atom. The van der Waals surface area contributed by atoms with Gasteiger partial charge in [0.15, 0.2) is 0 Å². The first-order valence-electron chi connectivity index (χ1n) is 13.1. The lowest BCUT2D eigenvalue weighted by molar-refractivity contribution is 0.177. The molecule has 4 fully saturated rings. The van der Waals surface area contributed by atoms with E-state index in [0.29, 0.717) is 5.54 Å². The summed E-state index contributed by atoms with van der Waals surface area (Å²) in [6, 6.07) is 9.86. The molecule has 30 heavy (non-hydrogen) atoms. The van der Waals surface area contributed by atoms with Crippen molar-refractivity contribution in [3.63, 3.8) is 0 Å². The molecule has 1 unspecified atom stereocenters. The van der Waals surface area contributed by atoms with Crippen molar-refractivity contribution in [3.8, 4) is 0 Å². The zero-order chi connectivity index (χ0) is 20.6. The normalized spacial score (nSPS) is 32.7. The van der Waals surface area contributed by atoms with Crippen molar-refractivity contribution in [2.75, 3.05) is 32.7 Å². The number of nitrogens with zero attached hydrogens (tertiary/aromatic N) is 2. The lowest BCUT2D eigenvalue weighted by Crippen LogP contribution is -2.39. The highest BCUT2D eigenvalue weighted by Gasteiger charge is 2.43. The summed E-state index contributed by atoms with van der Waals surface area (Å²) in [5.41, 5.74) is 3.57. The molecule has 0 aromatic heterocycles. The van der Waals surface area contributed by atoms with Gasteiger partial charge in [0.2, 0.25) is 0 Å². The lowest BCUT2D eigenvalue weighted by atomic mass is 9.86. The van der Waals surface area contributed by atoms with E-state index in [1.54, 1.807) is 5.56 Å². The van der Waals surface area contributed by atoms with Crippen molar-refractivity contribution < 1.29 is 0 Å². The summed E-state index contributed by atoms with van der Waals surface area (Å²) in [6.45, 7) is 11.5. The summed E-state index contributed by atoms with van der Waals surface area (Å²) in [7, 11) is 0. The predicted molar refractivity (Wildman–Crippen MR) is 127 cm³/mol. The molecular formula is C28H44N2. The predicted octanol–water partition coefficient (Wildman–Crippen LogP) is 6.11. The van der Waals surface area contributed by atoms with Crippen LogP contribution in [-0.4, -0.2) is 48.1 Å². The van der Waals surface area contributed by atoms with Gasteiger partial charge in [-0.25, -0.2) is 0 Å². The van der Waals surface area contributed by atoms with E-state index in [4.69, 9.17) is 0 Å². The molecule has 4 aliphatic rings. The number of hydrogen-bond acceptors (Lipinski definition) is 2. The maximum absolute atomic E-state index is 2.85. The molecule has 166 valence electrons. The largest absolute Gasteiger partial charge is 0.302 e. The Kier molecular flexibility index (Phi) is 6.26. The molecule has 0 N–H and O–H groups in total. The van der Waals surface area contributed by atoms with Gasteiger partial charge in [0.25, 0.3) is 0 Å². The molecule has 0 amide bonds. The Morgan fingerprint density at radius 3 is 2.43 bits per heavy atom. The van der Waals surface area contributed by atoms with Crippen LogP contribution < -0.4 is 0 Å². The fourth-order valence-corrected chi connectivity index (χ4v) is 7.43. The Labute approximate surface area is 185 Å². The molecule has 0 spiro atoms. The molecule has 2 saturated heterocycles. The molecule has 2 saturated carbocycles. The fourth-order valence-electron chi connectivity index (χ4n) is 7.43. The van der Waals surface area contributed by atoms with E-state index >= 15 is 0 Å². The molecule has 2 nitrogen and oxygen atoms in total. The van der Waals surface area contributed by atoms with E-state index in [-0.39, 0.29) is 0 Å². The van der Waals surface area contributed by atoms with Crippen LogP contribution in [0.1, 0.15) is 88.7 Å². The van der Waals surface area contributed by atoms with Crippen LogP contribution in [0.15, 0.2) is 24.3 Å². The van der Waals surface area contributed by atoms with Gasteiger partial charge in [-0.15, -0.1) is 0 Å².